The Bertz CT molecular complexity index is 1040. The van der Waals surface area contributed by atoms with Crippen molar-refractivity contribution in [1.82, 2.24) is 5.32 Å². The second-order valence-corrected chi connectivity index (χ2v) is 19.3. The van der Waals surface area contributed by atoms with Crippen molar-refractivity contribution in [3.8, 4) is 0 Å². The van der Waals surface area contributed by atoms with E-state index in [1.54, 1.807) is 0 Å². The highest BCUT2D eigenvalue weighted by molar-refractivity contribution is 5.76. The third kappa shape index (κ3) is 49.5. The predicted molar refractivity (Wildman–Crippen MR) is 278 cm³/mol. The number of hydrogen-bond donors (Lipinski definition) is 3. The average molecular weight is 901 g/mol. The second-order valence-electron chi connectivity index (χ2n) is 19.3. The maximum absolute atomic E-state index is 12.4. The van der Waals surface area contributed by atoms with Gasteiger partial charge < -0.3 is 20.3 Å². The van der Waals surface area contributed by atoms with Gasteiger partial charge in [-0.15, -0.1) is 0 Å². The maximum Gasteiger partial charge on any atom is 0.305 e. The molecule has 0 bridgehead atoms. The topological polar surface area (TPSA) is 95.9 Å². The number of carbonyl (C=O) groups is 2. The smallest absolute Gasteiger partial charge is 0.305 e. The van der Waals surface area contributed by atoms with E-state index in [1.807, 2.05) is 0 Å². The molecule has 0 aromatic heterocycles. The lowest BCUT2D eigenvalue weighted by atomic mass is 10.0. The van der Waals surface area contributed by atoms with Crippen molar-refractivity contribution in [3.63, 3.8) is 0 Å². The quantitative estimate of drug-likeness (QED) is 0.0321. The van der Waals surface area contributed by atoms with Gasteiger partial charge in [0.2, 0.25) is 5.91 Å². The van der Waals surface area contributed by atoms with Crippen molar-refractivity contribution in [2.24, 2.45) is 0 Å². The summed E-state index contributed by atoms with van der Waals surface area (Å²) in [6, 6.07) is -0.541. The van der Waals surface area contributed by atoms with Gasteiger partial charge in [0.15, 0.2) is 0 Å². The Labute approximate surface area is 398 Å². The molecule has 3 N–H and O–H groups in total. The van der Waals surface area contributed by atoms with Crippen LogP contribution < -0.4 is 5.32 Å². The molecule has 0 spiro atoms. The van der Waals surface area contributed by atoms with Crippen LogP contribution in [0, 0.1) is 0 Å². The van der Waals surface area contributed by atoms with Crippen molar-refractivity contribution in [1.29, 1.82) is 0 Å². The van der Waals surface area contributed by atoms with E-state index in [0.29, 0.717) is 25.9 Å². The van der Waals surface area contributed by atoms with Gasteiger partial charge in [-0.1, -0.05) is 243 Å². The van der Waals surface area contributed by atoms with Crippen LogP contribution in [0.1, 0.15) is 296 Å². The first-order valence-electron chi connectivity index (χ1n) is 28.2. The van der Waals surface area contributed by atoms with Crippen molar-refractivity contribution in [2.45, 2.75) is 309 Å². The fourth-order valence-electron chi connectivity index (χ4n) is 8.55. The van der Waals surface area contributed by atoms with E-state index in [0.717, 1.165) is 51.4 Å². The van der Waals surface area contributed by atoms with E-state index in [4.69, 9.17) is 4.74 Å². The highest BCUT2D eigenvalue weighted by Crippen LogP contribution is 2.16. The van der Waals surface area contributed by atoms with Crippen molar-refractivity contribution in [2.75, 3.05) is 13.2 Å². The summed E-state index contributed by atoms with van der Waals surface area (Å²) in [4.78, 5) is 24.4. The van der Waals surface area contributed by atoms with Crippen LogP contribution in [-0.2, 0) is 14.3 Å². The number of nitrogens with one attached hydrogen (secondary N) is 1. The van der Waals surface area contributed by atoms with Crippen LogP contribution in [0.3, 0.4) is 0 Å². The lowest BCUT2D eigenvalue weighted by Gasteiger charge is -2.22. The Morgan fingerprint density at radius 3 is 1.27 bits per heavy atom. The van der Waals surface area contributed by atoms with Crippen LogP contribution in [0.25, 0.3) is 0 Å². The maximum atomic E-state index is 12.4. The minimum atomic E-state index is -0.664. The van der Waals surface area contributed by atoms with E-state index < -0.39 is 12.1 Å². The number of carbonyl (C=O) groups excluding carboxylic acids is 2. The lowest BCUT2D eigenvalue weighted by Crippen LogP contribution is -2.45. The molecular weight excluding hydrogens is 791 g/mol. The summed E-state index contributed by atoms with van der Waals surface area (Å²) in [5.41, 5.74) is 0. The molecule has 1 amide bonds. The summed E-state index contributed by atoms with van der Waals surface area (Å²) in [6.45, 7) is 4.86. The van der Waals surface area contributed by atoms with Crippen LogP contribution in [0.2, 0.25) is 0 Å². The molecule has 0 rings (SSSR count). The van der Waals surface area contributed by atoms with Gasteiger partial charge in [0, 0.05) is 12.8 Å². The van der Waals surface area contributed by atoms with E-state index in [9.17, 15) is 19.8 Å². The number of amides is 1. The van der Waals surface area contributed by atoms with E-state index >= 15 is 0 Å². The Kier molecular flexibility index (Phi) is 52.1. The molecule has 376 valence electrons. The first kappa shape index (κ1) is 62.1. The number of esters is 1. The molecule has 0 radical (unpaired) electrons. The molecule has 0 saturated heterocycles. The molecular formula is C58H109NO5. The Morgan fingerprint density at radius 1 is 0.438 bits per heavy atom. The summed E-state index contributed by atoms with van der Waals surface area (Å²) in [6.07, 6.45) is 65.8. The number of ether oxygens (including phenoxy) is 1. The van der Waals surface area contributed by atoms with Gasteiger partial charge >= 0.3 is 5.97 Å². The highest BCUT2D eigenvalue weighted by Gasteiger charge is 2.20. The van der Waals surface area contributed by atoms with Gasteiger partial charge in [-0.05, 0) is 77.0 Å². The molecule has 0 fully saturated rings. The normalized spacial score (nSPS) is 12.9. The monoisotopic (exact) mass is 900 g/mol. The summed E-state index contributed by atoms with van der Waals surface area (Å²) in [5.74, 6) is -0.0432. The van der Waals surface area contributed by atoms with E-state index in [2.05, 4.69) is 55.6 Å². The fourth-order valence-corrected chi connectivity index (χ4v) is 8.55. The molecule has 6 heteroatoms. The van der Waals surface area contributed by atoms with Crippen molar-refractivity contribution < 1.29 is 24.5 Å². The van der Waals surface area contributed by atoms with E-state index in [1.165, 1.54) is 212 Å². The zero-order valence-electron chi connectivity index (χ0n) is 42.8. The third-order valence-electron chi connectivity index (χ3n) is 12.9. The molecule has 2 unspecified atom stereocenters. The molecule has 0 aliphatic carbocycles. The van der Waals surface area contributed by atoms with Crippen LogP contribution in [0.15, 0.2) is 36.5 Å². The average Bonchev–Trinajstić information content (AvgIpc) is 3.29. The Morgan fingerprint density at radius 2 is 0.812 bits per heavy atom. The number of aliphatic hydroxyl groups excluding tert-OH is 2. The summed E-state index contributed by atoms with van der Waals surface area (Å²) in [5, 5.41) is 23.1. The minimum Gasteiger partial charge on any atom is -0.466 e. The number of allylic oxidation sites excluding steroid dienone is 6. The summed E-state index contributed by atoms with van der Waals surface area (Å²) in [7, 11) is 0. The van der Waals surface area contributed by atoms with Crippen LogP contribution >= 0.6 is 0 Å². The van der Waals surface area contributed by atoms with Gasteiger partial charge in [-0.25, -0.2) is 0 Å². The van der Waals surface area contributed by atoms with Crippen LogP contribution in [-0.4, -0.2) is 47.4 Å². The molecule has 0 aliphatic heterocycles. The molecule has 0 heterocycles. The van der Waals surface area contributed by atoms with Gasteiger partial charge in [0.25, 0.3) is 0 Å². The number of rotatable bonds is 52. The first-order chi connectivity index (χ1) is 31.5. The van der Waals surface area contributed by atoms with Crippen LogP contribution in [0.5, 0.6) is 0 Å². The number of hydrogen-bond acceptors (Lipinski definition) is 5. The summed E-state index contributed by atoms with van der Waals surface area (Å²) < 4.78 is 5.46. The molecule has 0 aromatic carbocycles. The zero-order chi connectivity index (χ0) is 46.5. The van der Waals surface area contributed by atoms with Crippen molar-refractivity contribution >= 4 is 11.9 Å². The first-order valence-corrected chi connectivity index (χ1v) is 28.2. The Hall–Kier alpha value is -1.92. The molecule has 0 saturated carbocycles. The zero-order valence-corrected chi connectivity index (χ0v) is 42.8. The predicted octanol–water partition coefficient (Wildman–Crippen LogP) is 17.2. The standard InChI is InChI=1S/C58H109NO5/c1-3-5-7-9-11-13-14-28-32-36-40-44-48-52-58(63)64-53-49-45-41-37-33-30-27-25-23-21-19-17-15-16-18-20-22-24-26-29-31-35-39-43-47-51-57(62)59-55(54-60)56(61)50-46-42-38-34-12-10-8-6-4-2/h7,9,13-14,16,18,55-56,60-61H,3-6,8,10-12,15,17,19-54H2,1-2H3,(H,59,62)/b9-7-,14-13-,18-16-. The van der Waals surface area contributed by atoms with Crippen LogP contribution in [0.4, 0.5) is 0 Å². The third-order valence-corrected chi connectivity index (χ3v) is 12.9. The molecule has 64 heavy (non-hydrogen) atoms. The highest BCUT2D eigenvalue weighted by atomic mass is 16.5. The van der Waals surface area contributed by atoms with Crippen molar-refractivity contribution in [3.05, 3.63) is 36.5 Å². The summed E-state index contributed by atoms with van der Waals surface area (Å²) >= 11 is 0. The van der Waals surface area contributed by atoms with Gasteiger partial charge in [-0.2, -0.15) is 0 Å². The van der Waals surface area contributed by atoms with Gasteiger partial charge in [0.1, 0.15) is 0 Å². The minimum absolute atomic E-state index is 0.00242. The fraction of sp³-hybridized carbons (Fsp3) is 0.862. The molecule has 2 atom stereocenters. The largest absolute Gasteiger partial charge is 0.466 e. The van der Waals surface area contributed by atoms with Gasteiger partial charge in [0.05, 0.1) is 25.4 Å². The lowest BCUT2D eigenvalue weighted by molar-refractivity contribution is -0.143. The molecule has 6 nitrogen and oxygen atoms in total. The number of aliphatic hydroxyl groups is 2. The molecule has 0 aliphatic rings. The Balaban J connectivity index is 3.38. The molecule has 0 aromatic rings. The SMILES string of the molecule is CCC/C=C\C/C=C\CCCCCCCC(=O)OCCCCCCCCCCCCCC/C=C\CCCCCCCCCCCC(=O)NC(CO)C(O)CCCCCCCCCCC. The van der Waals surface area contributed by atoms with E-state index in [-0.39, 0.29) is 18.5 Å². The van der Waals surface area contributed by atoms with Gasteiger partial charge in [-0.3, -0.25) is 9.59 Å². The number of unbranched alkanes of at least 4 members (excludes halogenated alkanes) is 35. The second kappa shape index (κ2) is 53.7.